The molecule has 0 spiro atoms. The second-order valence-corrected chi connectivity index (χ2v) is 6.83. The Bertz CT molecular complexity index is 511. The highest BCUT2D eigenvalue weighted by Crippen LogP contribution is 2.36. The van der Waals surface area contributed by atoms with Gasteiger partial charge in [-0.25, -0.2) is 4.21 Å². The van der Waals surface area contributed by atoms with Gasteiger partial charge in [-0.3, -0.25) is 0 Å². The van der Waals surface area contributed by atoms with E-state index in [1.165, 1.54) is 0 Å². The fourth-order valence-electron chi connectivity index (χ4n) is 1.99. The molecular weight excluding hydrogens is 263 g/mol. The first-order valence-corrected chi connectivity index (χ1v) is 7.32. The van der Waals surface area contributed by atoms with Gasteiger partial charge < -0.3 is 13.9 Å². The van der Waals surface area contributed by atoms with Crippen LogP contribution >= 0.6 is 0 Å². The Morgan fingerprint density at radius 3 is 2.11 bits per heavy atom. The zero-order valence-corrected chi connectivity index (χ0v) is 12.7. The number of aryl methyl sites for hydroxylation is 1. The van der Waals surface area contributed by atoms with Crippen LogP contribution in [0.15, 0.2) is 23.1 Å². The van der Waals surface area contributed by atoms with Crippen molar-refractivity contribution in [1.29, 1.82) is 0 Å². The predicted octanol–water partition coefficient (Wildman–Crippen LogP) is 1.87. The monoisotopic (exact) mass is 282 g/mol. The summed E-state index contributed by atoms with van der Waals surface area (Å²) in [7, 11) is -0.439. The molecular formula is C13H19BO4S. The maximum atomic E-state index is 11.0. The first-order valence-electron chi connectivity index (χ1n) is 6.21. The van der Waals surface area contributed by atoms with E-state index in [9.17, 15) is 4.21 Å². The zero-order chi connectivity index (χ0) is 14.4. The largest absolute Gasteiger partial charge is 0.495 e. The SMILES string of the molecule is Cc1cc(S(=O)O)ccc1B1OC(C)(C)C(C)(C)O1. The van der Waals surface area contributed by atoms with Gasteiger partial charge in [-0.15, -0.1) is 0 Å². The van der Waals surface area contributed by atoms with Crippen molar-refractivity contribution in [2.75, 3.05) is 0 Å². The molecule has 1 aromatic rings. The average Bonchev–Trinajstić information content (AvgIpc) is 2.47. The second kappa shape index (κ2) is 4.70. The summed E-state index contributed by atoms with van der Waals surface area (Å²) in [5.74, 6) is 0. The molecule has 1 heterocycles. The van der Waals surface area contributed by atoms with Gasteiger partial charge in [0.2, 0.25) is 0 Å². The molecule has 0 amide bonds. The van der Waals surface area contributed by atoms with Crippen molar-refractivity contribution >= 4 is 23.7 Å². The second-order valence-electron chi connectivity index (χ2n) is 5.86. The highest BCUT2D eigenvalue weighted by molar-refractivity contribution is 7.79. The van der Waals surface area contributed by atoms with Gasteiger partial charge in [0.15, 0.2) is 11.1 Å². The van der Waals surface area contributed by atoms with Gasteiger partial charge in [-0.1, -0.05) is 11.6 Å². The molecule has 2 rings (SSSR count). The topological polar surface area (TPSA) is 55.8 Å². The van der Waals surface area contributed by atoms with Crippen molar-refractivity contribution in [3.05, 3.63) is 23.8 Å². The normalized spacial score (nSPS) is 22.5. The molecule has 1 unspecified atom stereocenters. The van der Waals surface area contributed by atoms with E-state index >= 15 is 0 Å². The minimum Gasteiger partial charge on any atom is -0.399 e. The first kappa shape index (κ1) is 14.7. The molecule has 6 heteroatoms. The minimum atomic E-state index is -1.96. The molecule has 0 radical (unpaired) electrons. The molecule has 1 N–H and O–H groups in total. The van der Waals surface area contributed by atoms with E-state index < -0.39 is 18.2 Å². The minimum absolute atomic E-state index is 0.386. The Labute approximate surface area is 116 Å². The fourth-order valence-corrected chi connectivity index (χ4v) is 2.45. The predicted molar refractivity (Wildman–Crippen MR) is 75.9 cm³/mol. The summed E-state index contributed by atoms with van der Waals surface area (Å²) in [4.78, 5) is 0.387. The van der Waals surface area contributed by atoms with Crippen molar-refractivity contribution in [3.8, 4) is 0 Å². The van der Waals surface area contributed by atoms with Crippen molar-refractivity contribution < 1.29 is 18.1 Å². The molecule has 19 heavy (non-hydrogen) atoms. The van der Waals surface area contributed by atoms with Gasteiger partial charge in [-0.05, 0) is 52.2 Å². The number of hydrogen-bond donors (Lipinski definition) is 1. The lowest BCUT2D eigenvalue weighted by Crippen LogP contribution is -2.41. The average molecular weight is 282 g/mol. The van der Waals surface area contributed by atoms with Crippen LogP contribution in [0.5, 0.6) is 0 Å². The standard InChI is InChI=1S/C13H19BO4S/c1-9-8-10(19(15)16)6-7-11(9)14-17-12(2,3)13(4,5)18-14/h6-8H,1-5H3,(H,15,16). The van der Waals surface area contributed by atoms with Crippen LogP contribution in [0, 0.1) is 6.92 Å². The summed E-state index contributed by atoms with van der Waals surface area (Å²) in [5.41, 5.74) is 1.01. The van der Waals surface area contributed by atoms with Gasteiger partial charge in [-0.2, -0.15) is 0 Å². The third-order valence-electron chi connectivity index (χ3n) is 3.95. The van der Waals surface area contributed by atoms with Crippen LogP contribution in [-0.2, 0) is 20.4 Å². The Hall–Kier alpha value is -0.685. The summed E-state index contributed by atoms with van der Waals surface area (Å²) in [6.07, 6.45) is 0. The third-order valence-corrected chi connectivity index (χ3v) is 4.61. The van der Waals surface area contributed by atoms with Crippen LogP contribution in [0.3, 0.4) is 0 Å². The lowest BCUT2D eigenvalue weighted by Gasteiger charge is -2.32. The maximum absolute atomic E-state index is 11.0. The molecule has 0 aromatic heterocycles. The van der Waals surface area contributed by atoms with Crippen LogP contribution < -0.4 is 5.46 Å². The number of benzene rings is 1. The van der Waals surface area contributed by atoms with Gasteiger partial charge in [0, 0.05) is 0 Å². The van der Waals surface area contributed by atoms with Crippen molar-refractivity contribution in [3.63, 3.8) is 0 Å². The van der Waals surface area contributed by atoms with Gasteiger partial charge in [0.25, 0.3) is 0 Å². The Balaban J connectivity index is 2.33. The van der Waals surface area contributed by atoms with E-state index in [2.05, 4.69) is 0 Å². The Morgan fingerprint density at radius 2 is 1.68 bits per heavy atom. The quantitative estimate of drug-likeness (QED) is 0.664. The van der Waals surface area contributed by atoms with Crippen LogP contribution in [0.25, 0.3) is 0 Å². The molecule has 0 bridgehead atoms. The van der Waals surface area contributed by atoms with Crippen LogP contribution in [0.4, 0.5) is 0 Å². The smallest absolute Gasteiger partial charge is 0.399 e. The number of hydrogen-bond acceptors (Lipinski definition) is 3. The summed E-state index contributed by atoms with van der Waals surface area (Å²) in [6.45, 7) is 9.88. The van der Waals surface area contributed by atoms with Crippen molar-refractivity contribution in [1.82, 2.24) is 0 Å². The first-order chi connectivity index (χ1) is 8.64. The van der Waals surface area contributed by atoms with E-state index in [0.29, 0.717) is 4.90 Å². The highest BCUT2D eigenvalue weighted by Gasteiger charge is 2.52. The zero-order valence-electron chi connectivity index (χ0n) is 11.9. The maximum Gasteiger partial charge on any atom is 0.495 e. The summed E-state index contributed by atoms with van der Waals surface area (Å²) in [5, 5.41) is 0. The van der Waals surface area contributed by atoms with Crippen LogP contribution in [0.1, 0.15) is 33.3 Å². The Kier molecular flexibility index (Phi) is 3.64. The third kappa shape index (κ3) is 2.63. The van der Waals surface area contributed by atoms with Crippen molar-refractivity contribution in [2.24, 2.45) is 0 Å². The van der Waals surface area contributed by atoms with Gasteiger partial charge >= 0.3 is 7.12 Å². The molecule has 0 aliphatic carbocycles. The Morgan fingerprint density at radius 1 is 1.16 bits per heavy atom. The molecule has 1 saturated heterocycles. The number of rotatable bonds is 2. The van der Waals surface area contributed by atoms with E-state index in [4.69, 9.17) is 13.9 Å². The van der Waals surface area contributed by atoms with Crippen LogP contribution in [0.2, 0.25) is 0 Å². The lowest BCUT2D eigenvalue weighted by atomic mass is 9.76. The molecule has 1 aliphatic heterocycles. The van der Waals surface area contributed by atoms with Crippen LogP contribution in [-0.4, -0.2) is 27.1 Å². The van der Waals surface area contributed by atoms with Gasteiger partial charge in [0.1, 0.15) is 0 Å². The van der Waals surface area contributed by atoms with Gasteiger partial charge in [0.05, 0.1) is 16.1 Å². The lowest BCUT2D eigenvalue weighted by molar-refractivity contribution is 0.00578. The summed E-state index contributed by atoms with van der Waals surface area (Å²) >= 11 is -1.96. The fraction of sp³-hybridized carbons (Fsp3) is 0.538. The molecule has 1 aromatic carbocycles. The van der Waals surface area contributed by atoms with E-state index in [1.807, 2.05) is 34.6 Å². The highest BCUT2D eigenvalue weighted by atomic mass is 32.2. The molecule has 1 atom stereocenters. The van der Waals surface area contributed by atoms with E-state index in [0.717, 1.165) is 11.0 Å². The van der Waals surface area contributed by atoms with E-state index in [-0.39, 0.29) is 11.2 Å². The van der Waals surface area contributed by atoms with E-state index in [1.54, 1.807) is 18.2 Å². The summed E-state index contributed by atoms with van der Waals surface area (Å²) < 4.78 is 32.1. The summed E-state index contributed by atoms with van der Waals surface area (Å²) in [6, 6.07) is 5.11. The molecule has 1 aliphatic rings. The molecule has 104 valence electrons. The molecule has 4 nitrogen and oxygen atoms in total. The van der Waals surface area contributed by atoms with Crippen molar-refractivity contribution in [2.45, 2.75) is 50.7 Å². The molecule has 0 saturated carbocycles. The molecule has 1 fully saturated rings.